The molecular weight excluding hydrogens is 364 g/mol. The lowest BCUT2D eigenvalue weighted by molar-refractivity contribution is 0.392. The van der Waals surface area contributed by atoms with E-state index in [0.29, 0.717) is 0 Å². The predicted octanol–water partition coefficient (Wildman–Crippen LogP) is 4.91. The van der Waals surface area contributed by atoms with Crippen LogP contribution in [0.15, 0.2) is 35.0 Å². The average Bonchev–Trinajstić information content (AvgIpc) is 3.28. The lowest BCUT2D eigenvalue weighted by Crippen LogP contribution is -2.23. The van der Waals surface area contributed by atoms with Gasteiger partial charge in [-0.05, 0) is 60.4 Å². The number of thiophene rings is 1. The molecule has 0 saturated heterocycles. The van der Waals surface area contributed by atoms with E-state index in [9.17, 15) is 0 Å². The minimum Gasteiger partial charge on any atom is -0.497 e. The van der Waals surface area contributed by atoms with Gasteiger partial charge in [-0.3, -0.25) is 0 Å². The van der Waals surface area contributed by atoms with Crippen LogP contribution in [-0.4, -0.2) is 19.2 Å². The average molecular weight is 389 g/mol. The molecule has 0 aliphatic rings. The summed E-state index contributed by atoms with van der Waals surface area (Å²) in [5.41, 5.74) is 3.58. The van der Waals surface area contributed by atoms with E-state index in [-0.39, 0.29) is 6.04 Å². The molecule has 0 bridgehead atoms. The summed E-state index contributed by atoms with van der Waals surface area (Å²) in [7, 11) is 3.35. The maximum absolute atomic E-state index is 5.38. The molecule has 0 aliphatic heterocycles. The molecule has 138 valence electrons. The van der Waals surface area contributed by atoms with Crippen molar-refractivity contribution in [3.8, 4) is 11.5 Å². The third-order valence-electron chi connectivity index (χ3n) is 4.33. The van der Waals surface area contributed by atoms with Crippen molar-refractivity contribution in [2.75, 3.05) is 14.2 Å². The quantitative estimate of drug-likeness (QED) is 0.595. The van der Waals surface area contributed by atoms with Gasteiger partial charge in [0.25, 0.3) is 0 Å². The standard InChI is InChI=1S/C20H24N2O2S2/c1-13-14(2)26-20(22-13)19(9-15-5-6-25-12-15)21-11-16-7-17(23-3)10-18(8-16)24-4/h5-8,10,12,19,21H,9,11H2,1-4H3/t19-/m1/s1. The highest BCUT2D eigenvalue weighted by atomic mass is 32.1. The molecule has 0 aliphatic carbocycles. The van der Waals surface area contributed by atoms with Gasteiger partial charge in [0.15, 0.2) is 0 Å². The first-order valence-corrected chi connectivity index (χ1v) is 10.2. The monoisotopic (exact) mass is 388 g/mol. The van der Waals surface area contributed by atoms with Crippen LogP contribution in [-0.2, 0) is 13.0 Å². The molecule has 3 rings (SSSR count). The Labute approximate surface area is 162 Å². The number of nitrogens with zero attached hydrogens (tertiary/aromatic N) is 1. The van der Waals surface area contributed by atoms with Crippen molar-refractivity contribution in [1.29, 1.82) is 0 Å². The fourth-order valence-corrected chi connectivity index (χ4v) is 4.43. The van der Waals surface area contributed by atoms with Crippen molar-refractivity contribution in [1.82, 2.24) is 10.3 Å². The number of thiazole rings is 1. The van der Waals surface area contributed by atoms with Crippen LogP contribution >= 0.6 is 22.7 Å². The first kappa shape index (κ1) is 18.9. The number of ether oxygens (including phenoxy) is 2. The third-order valence-corrected chi connectivity index (χ3v) is 6.25. The molecule has 0 fully saturated rings. The summed E-state index contributed by atoms with van der Waals surface area (Å²) in [5, 5.41) is 9.14. The van der Waals surface area contributed by atoms with Crippen LogP contribution in [0.4, 0.5) is 0 Å². The molecular formula is C20H24N2O2S2. The van der Waals surface area contributed by atoms with E-state index in [1.807, 2.05) is 18.2 Å². The van der Waals surface area contributed by atoms with Gasteiger partial charge >= 0.3 is 0 Å². The molecule has 26 heavy (non-hydrogen) atoms. The second-order valence-corrected chi connectivity index (χ2v) is 8.20. The molecule has 0 unspecified atom stereocenters. The van der Waals surface area contributed by atoms with Gasteiger partial charge in [0.05, 0.1) is 26.0 Å². The van der Waals surface area contributed by atoms with Gasteiger partial charge in [0.1, 0.15) is 16.5 Å². The van der Waals surface area contributed by atoms with Gasteiger partial charge in [-0.1, -0.05) is 0 Å². The van der Waals surface area contributed by atoms with Crippen LogP contribution in [0.25, 0.3) is 0 Å². The largest absolute Gasteiger partial charge is 0.497 e. The number of nitrogens with one attached hydrogen (secondary N) is 1. The van der Waals surface area contributed by atoms with E-state index in [4.69, 9.17) is 14.5 Å². The van der Waals surface area contributed by atoms with Crippen LogP contribution < -0.4 is 14.8 Å². The maximum atomic E-state index is 5.38. The Hall–Kier alpha value is -1.89. The van der Waals surface area contributed by atoms with Crippen molar-refractivity contribution >= 4 is 22.7 Å². The van der Waals surface area contributed by atoms with E-state index in [1.165, 1.54) is 10.4 Å². The molecule has 1 atom stereocenters. The normalized spacial score (nSPS) is 12.2. The fourth-order valence-electron chi connectivity index (χ4n) is 2.75. The predicted molar refractivity (Wildman–Crippen MR) is 109 cm³/mol. The number of hydrogen-bond acceptors (Lipinski definition) is 6. The Morgan fingerprint density at radius 2 is 1.81 bits per heavy atom. The summed E-state index contributed by atoms with van der Waals surface area (Å²) in [6.45, 7) is 4.93. The third kappa shape index (κ3) is 4.63. The van der Waals surface area contributed by atoms with E-state index in [0.717, 1.165) is 40.7 Å². The minimum absolute atomic E-state index is 0.180. The number of methoxy groups -OCH3 is 2. The van der Waals surface area contributed by atoms with Gasteiger partial charge in [-0.2, -0.15) is 11.3 Å². The molecule has 0 amide bonds. The van der Waals surface area contributed by atoms with E-state index < -0.39 is 0 Å². The zero-order valence-corrected chi connectivity index (χ0v) is 17.2. The van der Waals surface area contributed by atoms with Crippen molar-refractivity contribution in [2.45, 2.75) is 32.9 Å². The van der Waals surface area contributed by atoms with Crippen molar-refractivity contribution < 1.29 is 9.47 Å². The number of hydrogen-bond donors (Lipinski definition) is 1. The van der Waals surface area contributed by atoms with E-state index in [2.05, 4.69) is 36.0 Å². The molecule has 0 saturated carbocycles. The Morgan fingerprint density at radius 1 is 1.08 bits per heavy atom. The molecule has 1 aromatic carbocycles. The Morgan fingerprint density at radius 3 is 2.35 bits per heavy atom. The highest BCUT2D eigenvalue weighted by Gasteiger charge is 2.17. The number of rotatable bonds is 8. The Kier molecular flexibility index (Phi) is 6.29. The van der Waals surface area contributed by atoms with Gasteiger partial charge < -0.3 is 14.8 Å². The maximum Gasteiger partial charge on any atom is 0.122 e. The molecule has 0 spiro atoms. The summed E-state index contributed by atoms with van der Waals surface area (Å²) in [5.74, 6) is 1.60. The second-order valence-electron chi connectivity index (χ2n) is 6.18. The molecule has 6 heteroatoms. The van der Waals surface area contributed by atoms with Crippen LogP contribution in [0.1, 0.15) is 32.7 Å². The smallest absolute Gasteiger partial charge is 0.122 e. The Bertz CT molecular complexity index is 802. The van der Waals surface area contributed by atoms with Crippen LogP contribution in [0.5, 0.6) is 11.5 Å². The van der Waals surface area contributed by atoms with Crippen LogP contribution in [0.3, 0.4) is 0 Å². The fraction of sp³-hybridized carbons (Fsp3) is 0.350. The summed E-state index contributed by atoms with van der Waals surface area (Å²) in [4.78, 5) is 6.06. The second kappa shape index (κ2) is 8.66. The van der Waals surface area contributed by atoms with E-state index >= 15 is 0 Å². The van der Waals surface area contributed by atoms with Gasteiger partial charge in [0, 0.05) is 17.5 Å². The highest BCUT2D eigenvalue weighted by molar-refractivity contribution is 7.11. The Balaban J connectivity index is 1.79. The number of benzene rings is 1. The lowest BCUT2D eigenvalue weighted by atomic mass is 10.1. The van der Waals surface area contributed by atoms with Crippen molar-refractivity contribution in [3.05, 3.63) is 61.7 Å². The van der Waals surface area contributed by atoms with Gasteiger partial charge in [-0.25, -0.2) is 4.98 Å². The number of aryl methyl sites for hydroxylation is 2. The molecule has 2 aromatic heterocycles. The summed E-state index contributed by atoms with van der Waals surface area (Å²) < 4.78 is 10.8. The zero-order valence-electron chi connectivity index (χ0n) is 15.5. The SMILES string of the molecule is COc1cc(CN[C@H](Cc2ccsc2)c2nc(C)c(C)s2)cc(OC)c1. The topological polar surface area (TPSA) is 43.4 Å². The molecule has 1 N–H and O–H groups in total. The first-order valence-electron chi connectivity index (χ1n) is 8.49. The molecule has 3 aromatic rings. The molecule has 4 nitrogen and oxygen atoms in total. The van der Waals surface area contributed by atoms with Crippen molar-refractivity contribution in [3.63, 3.8) is 0 Å². The summed E-state index contributed by atoms with van der Waals surface area (Å²) >= 11 is 3.51. The lowest BCUT2D eigenvalue weighted by Gasteiger charge is -2.17. The van der Waals surface area contributed by atoms with Crippen LogP contribution in [0, 0.1) is 13.8 Å². The zero-order chi connectivity index (χ0) is 18.5. The van der Waals surface area contributed by atoms with Crippen LogP contribution in [0.2, 0.25) is 0 Å². The summed E-state index contributed by atoms with van der Waals surface area (Å²) in [6.07, 6.45) is 0.928. The van der Waals surface area contributed by atoms with Crippen molar-refractivity contribution in [2.24, 2.45) is 0 Å². The molecule has 2 heterocycles. The number of aromatic nitrogens is 1. The minimum atomic E-state index is 0.180. The van der Waals surface area contributed by atoms with E-state index in [1.54, 1.807) is 36.9 Å². The van der Waals surface area contributed by atoms with Gasteiger partial charge in [0.2, 0.25) is 0 Å². The van der Waals surface area contributed by atoms with Gasteiger partial charge in [-0.15, -0.1) is 11.3 Å². The summed E-state index contributed by atoms with van der Waals surface area (Å²) in [6, 6.07) is 8.32. The molecule has 0 radical (unpaired) electrons. The highest BCUT2D eigenvalue weighted by Crippen LogP contribution is 2.28. The first-order chi connectivity index (χ1) is 12.6.